The second-order valence-corrected chi connectivity index (χ2v) is 4.87. The molecule has 0 bridgehead atoms. The van der Waals surface area contributed by atoms with Crippen LogP contribution in [0, 0.1) is 0 Å². The summed E-state index contributed by atoms with van der Waals surface area (Å²) in [7, 11) is 1.60. The molecular weight excluding hydrogens is 272 g/mol. The Morgan fingerprint density at radius 3 is 2.75 bits per heavy atom. The van der Waals surface area contributed by atoms with Gasteiger partial charge in [-0.05, 0) is 41.9 Å². The number of fused-ring (bicyclic) bond motifs is 1. The minimum absolute atomic E-state index is 0.159. The first kappa shape index (κ1) is 12.6. The fraction of sp³-hybridized carbons (Fsp3) is 0.0667. The van der Waals surface area contributed by atoms with E-state index in [9.17, 15) is 4.79 Å². The van der Waals surface area contributed by atoms with Crippen LogP contribution in [0.15, 0.2) is 47.8 Å². The molecule has 0 saturated carbocycles. The van der Waals surface area contributed by atoms with E-state index in [1.165, 1.54) is 11.5 Å². The van der Waals surface area contributed by atoms with E-state index in [0.717, 1.165) is 22.3 Å². The molecule has 100 valence electrons. The van der Waals surface area contributed by atoms with Crippen molar-refractivity contribution in [3.8, 4) is 5.75 Å². The molecule has 0 atom stereocenters. The van der Waals surface area contributed by atoms with Crippen molar-refractivity contribution in [3.63, 3.8) is 0 Å². The number of nitrogens with one attached hydrogen (secondary N) is 1. The van der Waals surface area contributed by atoms with Gasteiger partial charge in [0.2, 0.25) is 0 Å². The summed E-state index contributed by atoms with van der Waals surface area (Å²) in [6, 6.07) is 12.7. The van der Waals surface area contributed by atoms with Gasteiger partial charge in [-0.25, -0.2) is 0 Å². The predicted octanol–water partition coefficient (Wildman–Crippen LogP) is 3.56. The number of ether oxygens (including phenoxy) is 1. The van der Waals surface area contributed by atoms with Crippen LogP contribution in [-0.4, -0.2) is 17.4 Å². The lowest BCUT2D eigenvalue weighted by Gasteiger charge is -2.06. The van der Waals surface area contributed by atoms with Crippen LogP contribution in [0.4, 0.5) is 5.69 Å². The van der Waals surface area contributed by atoms with E-state index >= 15 is 0 Å². The highest BCUT2D eigenvalue weighted by Gasteiger charge is 2.09. The van der Waals surface area contributed by atoms with E-state index < -0.39 is 0 Å². The summed E-state index contributed by atoms with van der Waals surface area (Å²) in [6.07, 6.45) is 0. The van der Waals surface area contributed by atoms with Crippen LogP contribution in [0.5, 0.6) is 5.75 Å². The van der Waals surface area contributed by atoms with Crippen LogP contribution < -0.4 is 10.1 Å². The van der Waals surface area contributed by atoms with Crippen LogP contribution in [-0.2, 0) is 0 Å². The van der Waals surface area contributed by atoms with Gasteiger partial charge in [0.1, 0.15) is 11.3 Å². The molecule has 1 aromatic heterocycles. The van der Waals surface area contributed by atoms with Crippen LogP contribution in [0.25, 0.3) is 10.9 Å². The largest absolute Gasteiger partial charge is 0.497 e. The molecule has 0 aliphatic carbocycles. The van der Waals surface area contributed by atoms with E-state index in [0.29, 0.717) is 5.56 Å². The van der Waals surface area contributed by atoms with Crippen molar-refractivity contribution in [3.05, 3.63) is 53.4 Å². The molecule has 1 heterocycles. The van der Waals surface area contributed by atoms with Crippen LogP contribution in [0.3, 0.4) is 0 Å². The Balaban J connectivity index is 1.86. The number of nitrogens with zero attached hydrogens (tertiary/aromatic N) is 1. The van der Waals surface area contributed by atoms with E-state index in [2.05, 4.69) is 9.69 Å². The van der Waals surface area contributed by atoms with Crippen LogP contribution >= 0.6 is 11.5 Å². The van der Waals surface area contributed by atoms with E-state index in [4.69, 9.17) is 4.74 Å². The molecule has 3 rings (SSSR count). The second kappa shape index (κ2) is 5.30. The van der Waals surface area contributed by atoms with Gasteiger partial charge in [0.05, 0.1) is 12.8 Å². The average Bonchev–Trinajstić information content (AvgIpc) is 2.97. The Morgan fingerprint density at radius 1 is 1.20 bits per heavy atom. The smallest absolute Gasteiger partial charge is 0.255 e. The zero-order valence-corrected chi connectivity index (χ0v) is 11.6. The van der Waals surface area contributed by atoms with Crippen molar-refractivity contribution in [1.29, 1.82) is 0 Å². The van der Waals surface area contributed by atoms with Crippen LogP contribution in [0.2, 0.25) is 0 Å². The zero-order chi connectivity index (χ0) is 13.9. The molecule has 0 aliphatic rings. The molecule has 5 heteroatoms. The van der Waals surface area contributed by atoms with Gasteiger partial charge in [0.15, 0.2) is 0 Å². The normalized spacial score (nSPS) is 10.4. The fourth-order valence-corrected chi connectivity index (χ4v) is 2.60. The molecule has 0 radical (unpaired) electrons. The van der Waals surface area contributed by atoms with Crippen LogP contribution in [0.1, 0.15) is 10.4 Å². The van der Waals surface area contributed by atoms with E-state index in [1.807, 2.05) is 23.6 Å². The minimum Gasteiger partial charge on any atom is -0.497 e. The van der Waals surface area contributed by atoms with E-state index in [1.54, 1.807) is 31.4 Å². The second-order valence-electron chi connectivity index (χ2n) is 4.24. The van der Waals surface area contributed by atoms with E-state index in [-0.39, 0.29) is 5.91 Å². The number of carbonyl (C=O) groups excluding carboxylic acids is 1. The third-order valence-corrected chi connectivity index (χ3v) is 3.64. The van der Waals surface area contributed by atoms with Crippen molar-refractivity contribution in [2.75, 3.05) is 12.4 Å². The summed E-state index contributed by atoms with van der Waals surface area (Å²) >= 11 is 1.38. The van der Waals surface area contributed by atoms with Gasteiger partial charge in [0, 0.05) is 16.3 Å². The highest BCUT2D eigenvalue weighted by atomic mass is 32.1. The number of methoxy groups -OCH3 is 1. The molecule has 20 heavy (non-hydrogen) atoms. The topological polar surface area (TPSA) is 51.2 Å². The quantitative estimate of drug-likeness (QED) is 0.800. The number of carbonyl (C=O) groups is 1. The number of amides is 1. The van der Waals surface area contributed by atoms with Crippen molar-refractivity contribution in [2.45, 2.75) is 0 Å². The minimum atomic E-state index is -0.159. The Labute approximate surface area is 120 Å². The highest BCUT2D eigenvalue weighted by Crippen LogP contribution is 2.24. The summed E-state index contributed by atoms with van der Waals surface area (Å²) in [6.45, 7) is 0. The lowest BCUT2D eigenvalue weighted by molar-refractivity contribution is 0.102. The number of rotatable bonds is 3. The molecule has 0 saturated heterocycles. The fourth-order valence-electron chi connectivity index (χ4n) is 1.93. The number of hydrogen-bond donors (Lipinski definition) is 1. The maximum Gasteiger partial charge on any atom is 0.255 e. The molecule has 1 N–H and O–H groups in total. The van der Waals surface area contributed by atoms with Gasteiger partial charge < -0.3 is 10.1 Å². The first-order chi connectivity index (χ1) is 9.78. The zero-order valence-electron chi connectivity index (χ0n) is 10.8. The Kier molecular flexibility index (Phi) is 3.35. The highest BCUT2D eigenvalue weighted by molar-refractivity contribution is 7.04. The predicted molar refractivity (Wildman–Crippen MR) is 80.6 cm³/mol. The molecular formula is C15H12N2O2S. The van der Waals surface area contributed by atoms with Gasteiger partial charge in [-0.15, -0.1) is 0 Å². The Morgan fingerprint density at radius 2 is 2.00 bits per heavy atom. The SMILES string of the molecule is COc1ccc(C(=O)Nc2cccc3csnc23)cc1. The van der Waals surface area contributed by atoms with Gasteiger partial charge in [0.25, 0.3) is 5.91 Å². The number of hydrogen-bond acceptors (Lipinski definition) is 4. The maximum atomic E-state index is 12.2. The van der Waals surface area contributed by atoms with Crippen molar-refractivity contribution < 1.29 is 9.53 Å². The molecule has 2 aromatic carbocycles. The summed E-state index contributed by atoms with van der Waals surface area (Å²) in [5.74, 6) is 0.566. The lowest BCUT2D eigenvalue weighted by Crippen LogP contribution is -2.12. The molecule has 4 nitrogen and oxygen atoms in total. The van der Waals surface area contributed by atoms with Crippen molar-refractivity contribution in [1.82, 2.24) is 4.37 Å². The maximum absolute atomic E-state index is 12.2. The Hall–Kier alpha value is -2.40. The monoisotopic (exact) mass is 284 g/mol. The van der Waals surface area contributed by atoms with Gasteiger partial charge in [-0.3, -0.25) is 4.79 Å². The molecule has 0 aliphatic heterocycles. The van der Waals surface area contributed by atoms with Gasteiger partial charge >= 0.3 is 0 Å². The summed E-state index contributed by atoms with van der Waals surface area (Å²) in [5, 5.41) is 5.88. The van der Waals surface area contributed by atoms with Crippen molar-refractivity contribution >= 4 is 34.0 Å². The lowest BCUT2D eigenvalue weighted by atomic mass is 10.2. The number of anilines is 1. The number of aromatic nitrogens is 1. The third-order valence-electron chi connectivity index (χ3n) is 2.99. The average molecular weight is 284 g/mol. The summed E-state index contributed by atoms with van der Waals surface area (Å²) in [5.41, 5.74) is 2.13. The molecule has 3 aromatic rings. The first-order valence-electron chi connectivity index (χ1n) is 6.06. The Bertz CT molecular complexity index is 750. The first-order valence-corrected chi connectivity index (χ1v) is 6.90. The molecule has 0 fully saturated rings. The summed E-state index contributed by atoms with van der Waals surface area (Å²) < 4.78 is 9.37. The number of benzene rings is 2. The third kappa shape index (κ3) is 2.35. The van der Waals surface area contributed by atoms with Gasteiger partial charge in [-0.1, -0.05) is 12.1 Å². The molecule has 0 spiro atoms. The molecule has 0 unspecified atom stereocenters. The van der Waals surface area contributed by atoms with Gasteiger partial charge in [-0.2, -0.15) is 4.37 Å². The van der Waals surface area contributed by atoms with Crippen molar-refractivity contribution in [2.24, 2.45) is 0 Å². The standard InChI is InChI=1S/C15H12N2O2S/c1-19-12-7-5-10(6-8-12)15(18)16-13-4-2-3-11-9-20-17-14(11)13/h2-9H,1H3,(H,16,18). The summed E-state index contributed by atoms with van der Waals surface area (Å²) in [4.78, 5) is 12.2. The molecule has 1 amide bonds.